The molecule has 1 saturated heterocycles. The number of ether oxygens (including phenoxy) is 1. The van der Waals surface area contributed by atoms with Gasteiger partial charge in [0.25, 0.3) is 0 Å². The Morgan fingerprint density at radius 2 is 2.21 bits per heavy atom. The molecule has 0 radical (unpaired) electrons. The minimum absolute atomic E-state index is 0.142. The third-order valence-corrected chi connectivity index (χ3v) is 3.28. The lowest BCUT2D eigenvalue weighted by atomic mass is 10.2. The first-order valence-electron chi connectivity index (χ1n) is 6.68. The summed E-state index contributed by atoms with van der Waals surface area (Å²) in [6.07, 6.45) is 1.84. The van der Waals surface area contributed by atoms with Crippen LogP contribution in [0.25, 0.3) is 0 Å². The van der Waals surface area contributed by atoms with Crippen molar-refractivity contribution in [2.24, 2.45) is 0 Å². The Balaban J connectivity index is 1.81. The molecule has 104 valence electrons. The molecule has 1 unspecified atom stereocenters. The number of aromatic nitrogens is 1. The van der Waals surface area contributed by atoms with E-state index in [1.54, 1.807) is 0 Å². The van der Waals surface area contributed by atoms with E-state index in [4.69, 9.17) is 4.74 Å². The van der Waals surface area contributed by atoms with Crippen LogP contribution in [0.2, 0.25) is 0 Å². The second kappa shape index (κ2) is 6.63. The zero-order valence-electron chi connectivity index (χ0n) is 11.6. The second-order valence-corrected chi connectivity index (χ2v) is 4.85. The van der Waals surface area contributed by atoms with Crippen LogP contribution in [-0.2, 0) is 16.1 Å². The summed E-state index contributed by atoms with van der Waals surface area (Å²) in [7, 11) is 0. The maximum absolute atomic E-state index is 12.2. The van der Waals surface area contributed by atoms with Gasteiger partial charge in [-0.05, 0) is 25.5 Å². The van der Waals surface area contributed by atoms with E-state index in [2.05, 4.69) is 10.3 Å². The molecule has 5 heteroatoms. The maximum atomic E-state index is 12.2. The molecule has 1 N–H and O–H groups in total. The molecule has 1 aromatic rings. The molecule has 0 aliphatic carbocycles. The first-order chi connectivity index (χ1) is 9.16. The van der Waals surface area contributed by atoms with E-state index < -0.39 is 0 Å². The van der Waals surface area contributed by atoms with Crippen LogP contribution in [-0.4, -0.2) is 48.1 Å². The summed E-state index contributed by atoms with van der Waals surface area (Å²) in [6.45, 7) is 7.18. The molecule has 0 aromatic carbocycles. The van der Waals surface area contributed by atoms with E-state index in [0.717, 1.165) is 11.3 Å². The van der Waals surface area contributed by atoms with Gasteiger partial charge in [0.1, 0.15) is 0 Å². The number of rotatable bonds is 4. The average molecular weight is 263 g/mol. The molecule has 0 saturated carbocycles. The Kier molecular flexibility index (Phi) is 4.87. The molecular formula is C14H21N3O2. The van der Waals surface area contributed by atoms with E-state index >= 15 is 0 Å². The first-order valence-corrected chi connectivity index (χ1v) is 6.68. The quantitative estimate of drug-likeness (QED) is 0.870. The predicted octanol–water partition coefficient (Wildman–Crippen LogP) is 0.727. The number of nitrogens with one attached hydrogen (secondary N) is 1. The van der Waals surface area contributed by atoms with Gasteiger partial charge in [0.15, 0.2) is 0 Å². The molecule has 2 rings (SSSR count). The van der Waals surface area contributed by atoms with Crippen molar-refractivity contribution in [1.82, 2.24) is 15.2 Å². The Labute approximate surface area is 114 Å². The predicted molar refractivity (Wildman–Crippen MR) is 72.7 cm³/mol. The Morgan fingerprint density at radius 1 is 1.47 bits per heavy atom. The first kappa shape index (κ1) is 14.0. The number of amides is 1. The lowest BCUT2D eigenvalue weighted by molar-refractivity contribution is -0.137. The number of carbonyl (C=O) groups is 1. The van der Waals surface area contributed by atoms with Gasteiger partial charge in [0.2, 0.25) is 5.91 Å². The molecule has 1 aliphatic rings. The molecule has 1 aromatic heterocycles. The van der Waals surface area contributed by atoms with Crippen molar-refractivity contribution in [2.45, 2.75) is 26.4 Å². The molecule has 0 bridgehead atoms. The molecule has 1 fully saturated rings. The highest BCUT2D eigenvalue weighted by Gasteiger charge is 2.21. The molecule has 2 heterocycles. The van der Waals surface area contributed by atoms with Crippen molar-refractivity contribution >= 4 is 5.91 Å². The van der Waals surface area contributed by atoms with Gasteiger partial charge >= 0.3 is 0 Å². The van der Waals surface area contributed by atoms with Crippen molar-refractivity contribution in [3.05, 3.63) is 29.6 Å². The van der Waals surface area contributed by atoms with Crippen molar-refractivity contribution in [3.63, 3.8) is 0 Å². The number of carbonyl (C=O) groups excluding carboxylic acids is 1. The highest BCUT2D eigenvalue weighted by atomic mass is 16.5. The Bertz CT molecular complexity index is 413. The third-order valence-electron chi connectivity index (χ3n) is 3.28. The average Bonchev–Trinajstić information content (AvgIpc) is 2.46. The van der Waals surface area contributed by atoms with Crippen LogP contribution in [0.4, 0.5) is 0 Å². The number of nitrogens with zero attached hydrogens (tertiary/aromatic N) is 2. The molecule has 1 aliphatic heterocycles. The van der Waals surface area contributed by atoms with Crippen LogP contribution in [0.1, 0.15) is 18.2 Å². The summed E-state index contributed by atoms with van der Waals surface area (Å²) >= 11 is 0. The monoisotopic (exact) mass is 263 g/mol. The summed E-state index contributed by atoms with van der Waals surface area (Å²) in [6, 6.07) is 3.83. The van der Waals surface area contributed by atoms with Crippen molar-refractivity contribution in [1.29, 1.82) is 0 Å². The van der Waals surface area contributed by atoms with Gasteiger partial charge in [0.05, 0.1) is 19.3 Å². The van der Waals surface area contributed by atoms with E-state index in [1.807, 2.05) is 37.1 Å². The summed E-state index contributed by atoms with van der Waals surface area (Å²) in [5.74, 6) is 0.142. The van der Waals surface area contributed by atoms with Crippen molar-refractivity contribution in [3.8, 4) is 0 Å². The standard InChI is InChI=1S/C14H21N3O2/c1-11-3-4-13(9-15-11)10-16-12(2)14(18)17-5-7-19-8-6-17/h3-4,9,12,16H,5-8,10H2,1-2H3. The fourth-order valence-corrected chi connectivity index (χ4v) is 2.02. The smallest absolute Gasteiger partial charge is 0.239 e. The fourth-order valence-electron chi connectivity index (χ4n) is 2.02. The zero-order chi connectivity index (χ0) is 13.7. The number of morpholine rings is 1. The highest BCUT2D eigenvalue weighted by Crippen LogP contribution is 2.03. The van der Waals surface area contributed by atoms with Crippen LogP contribution in [0, 0.1) is 6.92 Å². The lowest BCUT2D eigenvalue weighted by Crippen LogP contribution is -2.49. The van der Waals surface area contributed by atoms with E-state index in [0.29, 0.717) is 32.8 Å². The number of hydrogen-bond acceptors (Lipinski definition) is 4. The minimum atomic E-state index is -0.181. The number of hydrogen-bond donors (Lipinski definition) is 1. The topological polar surface area (TPSA) is 54.5 Å². The van der Waals surface area contributed by atoms with Gasteiger partial charge in [-0.1, -0.05) is 6.07 Å². The minimum Gasteiger partial charge on any atom is -0.378 e. The summed E-state index contributed by atoms with van der Waals surface area (Å²) < 4.78 is 5.25. The molecule has 1 amide bonds. The van der Waals surface area contributed by atoms with Gasteiger partial charge in [-0.2, -0.15) is 0 Å². The van der Waals surface area contributed by atoms with Crippen LogP contribution in [0.5, 0.6) is 0 Å². The summed E-state index contributed by atoms with van der Waals surface area (Å²) in [5, 5.41) is 3.24. The summed E-state index contributed by atoms with van der Waals surface area (Å²) in [5.41, 5.74) is 2.09. The highest BCUT2D eigenvalue weighted by molar-refractivity contribution is 5.81. The maximum Gasteiger partial charge on any atom is 0.239 e. The molecule has 0 spiro atoms. The Morgan fingerprint density at radius 3 is 2.84 bits per heavy atom. The molecular weight excluding hydrogens is 242 g/mol. The third kappa shape index (κ3) is 4.01. The number of pyridine rings is 1. The fraction of sp³-hybridized carbons (Fsp3) is 0.571. The van der Waals surface area contributed by atoms with Crippen LogP contribution >= 0.6 is 0 Å². The van der Waals surface area contributed by atoms with Crippen molar-refractivity contribution in [2.75, 3.05) is 26.3 Å². The molecule has 1 atom stereocenters. The van der Waals surface area contributed by atoms with Gasteiger partial charge < -0.3 is 15.0 Å². The van der Waals surface area contributed by atoms with Crippen molar-refractivity contribution < 1.29 is 9.53 Å². The lowest BCUT2D eigenvalue weighted by Gasteiger charge is -2.29. The van der Waals surface area contributed by atoms with E-state index in [-0.39, 0.29) is 11.9 Å². The van der Waals surface area contributed by atoms with E-state index in [9.17, 15) is 4.79 Å². The molecule has 5 nitrogen and oxygen atoms in total. The van der Waals surface area contributed by atoms with Gasteiger partial charge in [-0.15, -0.1) is 0 Å². The van der Waals surface area contributed by atoms with Crippen LogP contribution in [0.3, 0.4) is 0 Å². The van der Waals surface area contributed by atoms with Crippen LogP contribution < -0.4 is 5.32 Å². The van der Waals surface area contributed by atoms with E-state index in [1.165, 1.54) is 0 Å². The van der Waals surface area contributed by atoms with Gasteiger partial charge in [-0.3, -0.25) is 9.78 Å². The SMILES string of the molecule is Cc1ccc(CNC(C)C(=O)N2CCOCC2)cn1. The van der Waals surface area contributed by atoms with Crippen LogP contribution in [0.15, 0.2) is 18.3 Å². The largest absolute Gasteiger partial charge is 0.378 e. The second-order valence-electron chi connectivity index (χ2n) is 4.85. The number of aryl methyl sites for hydroxylation is 1. The Hall–Kier alpha value is -1.46. The van der Waals surface area contributed by atoms with Gasteiger partial charge in [-0.25, -0.2) is 0 Å². The zero-order valence-corrected chi connectivity index (χ0v) is 11.6. The van der Waals surface area contributed by atoms with Gasteiger partial charge in [0, 0.05) is 31.5 Å². The summed E-state index contributed by atoms with van der Waals surface area (Å²) in [4.78, 5) is 18.3. The normalized spacial score (nSPS) is 17.3. The molecule has 19 heavy (non-hydrogen) atoms.